The molecule has 3 rings (SSSR count). The summed E-state index contributed by atoms with van der Waals surface area (Å²) >= 11 is 3.34. The maximum atomic E-state index is 12.8. The summed E-state index contributed by atoms with van der Waals surface area (Å²) in [5.41, 5.74) is 1.28. The number of amides is 1. The first kappa shape index (κ1) is 17.8. The van der Waals surface area contributed by atoms with Gasteiger partial charge in [-0.1, -0.05) is 21.9 Å². The quantitative estimate of drug-likeness (QED) is 0.668. The number of hydrogen-bond donors (Lipinski definition) is 1. The number of pyridine rings is 1. The number of H-pyrrole nitrogens is 1. The van der Waals surface area contributed by atoms with E-state index in [1.807, 2.05) is 6.07 Å². The number of carbonyl (C=O) groups is 1. The number of ether oxygens (including phenoxy) is 1. The number of halogens is 1. The zero-order valence-electron chi connectivity index (χ0n) is 14.0. The number of nitrogens with zero attached hydrogens (tertiary/aromatic N) is 1. The largest absolute Gasteiger partial charge is 0.481 e. The number of terminal acetylenes is 1. The summed E-state index contributed by atoms with van der Waals surface area (Å²) in [5.74, 6) is 2.70. The molecule has 5 nitrogen and oxygen atoms in total. The summed E-state index contributed by atoms with van der Waals surface area (Å²) in [4.78, 5) is 29.6. The Bertz CT molecular complexity index is 1070. The number of fused-ring (bicyclic) bond motifs is 1. The monoisotopic (exact) mass is 410 g/mol. The fraction of sp³-hybridized carbons (Fsp3) is 0.100. The molecule has 2 aromatic carbocycles. The van der Waals surface area contributed by atoms with Crippen LogP contribution in [-0.2, 0) is 0 Å². The van der Waals surface area contributed by atoms with Crippen molar-refractivity contribution in [3.05, 3.63) is 68.9 Å². The lowest BCUT2D eigenvalue weighted by atomic mass is 10.2. The number of anilines is 1. The van der Waals surface area contributed by atoms with Gasteiger partial charge in [0.05, 0.1) is 0 Å². The van der Waals surface area contributed by atoms with Crippen molar-refractivity contribution in [1.29, 1.82) is 0 Å². The average molecular weight is 411 g/mol. The zero-order valence-corrected chi connectivity index (χ0v) is 15.5. The third-order valence-electron chi connectivity index (χ3n) is 3.87. The normalized spacial score (nSPS) is 10.3. The van der Waals surface area contributed by atoms with Gasteiger partial charge in [-0.25, -0.2) is 0 Å². The smallest absolute Gasteiger partial charge is 0.274 e. The Labute approximate surface area is 158 Å². The van der Waals surface area contributed by atoms with Crippen molar-refractivity contribution in [2.24, 2.45) is 0 Å². The van der Waals surface area contributed by atoms with Crippen LogP contribution in [0.5, 0.6) is 5.75 Å². The minimum absolute atomic E-state index is 0.183. The second-order valence-electron chi connectivity index (χ2n) is 5.59. The van der Waals surface area contributed by atoms with Crippen LogP contribution >= 0.6 is 15.9 Å². The highest BCUT2D eigenvalue weighted by Crippen LogP contribution is 2.21. The molecule has 6 heteroatoms. The molecule has 0 saturated carbocycles. The number of aromatic amines is 1. The van der Waals surface area contributed by atoms with E-state index in [1.165, 1.54) is 11.0 Å². The molecule has 1 heterocycles. The molecule has 1 amide bonds. The predicted octanol–water partition coefficient (Wildman–Crippen LogP) is 3.58. The lowest BCUT2D eigenvalue weighted by Gasteiger charge is -2.18. The van der Waals surface area contributed by atoms with Crippen LogP contribution in [0.2, 0.25) is 0 Å². The van der Waals surface area contributed by atoms with Crippen LogP contribution in [0.3, 0.4) is 0 Å². The molecule has 26 heavy (non-hydrogen) atoms. The van der Waals surface area contributed by atoms with Crippen LogP contribution in [0.1, 0.15) is 10.5 Å². The van der Waals surface area contributed by atoms with E-state index in [2.05, 4.69) is 26.8 Å². The second-order valence-corrected chi connectivity index (χ2v) is 6.50. The Hall–Kier alpha value is -3.04. The first-order chi connectivity index (χ1) is 12.5. The first-order valence-electron chi connectivity index (χ1n) is 7.76. The summed E-state index contributed by atoms with van der Waals surface area (Å²) in [6.07, 6.45) is 5.16. The molecule has 0 radical (unpaired) electrons. The molecule has 0 aliphatic carbocycles. The van der Waals surface area contributed by atoms with E-state index in [9.17, 15) is 9.59 Å². The van der Waals surface area contributed by atoms with Crippen LogP contribution in [0.15, 0.2) is 57.8 Å². The highest BCUT2D eigenvalue weighted by molar-refractivity contribution is 9.10. The third-order valence-corrected chi connectivity index (χ3v) is 4.37. The van der Waals surface area contributed by atoms with Crippen LogP contribution in [0.25, 0.3) is 10.9 Å². The van der Waals surface area contributed by atoms with Crippen LogP contribution in [0.4, 0.5) is 5.69 Å². The average Bonchev–Trinajstić information content (AvgIpc) is 2.66. The molecule has 0 aliphatic rings. The highest BCUT2D eigenvalue weighted by Gasteiger charge is 2.16. The number of carbonyl (C=O) groups excluding carboxylic acids is 1. The van der Waals surface area contributed by atoms with Gasteiger partial charge in [0.1, 0.15) is 18.1 Å². The van der Waals surface area contributed by atoms with Crippen molar-refractivity contribution < 1.29 is 9.53 Å². The van der Waals surface area contributed by atoms with Crippen LogP contribution in [0, 0.1) is 12.3 Å². The standard InChI is InChI=1S/C20H15BrN2O3/c1-3-10-26-15-7-5-14(6-8-15)23(2)20(25)18-12-19(24)16-11-13(21)4-9-17(16)22-18/h1,4-9,11-12H,10H2,2H3,(H,22,24). The molecule has 0 saturated heterocycles. The minimum atomic E-state index is -0.316. The maximum Gasteiger partial charge on any atom is 0.274 e. The molecule has 130 valence electrons. The summed E-state index contributed by atoms with van der Waals surface area (Å²) in [7, 11) is 1.64. The molecule has 0 bridgehead atoms. The van der Waals surface area contributed by atoms with Gasteiger partial charge in [-0.3, -0.25) is 9.59 Å². The Morgan fingerprint density at radius 1 is 1.23 bits per heavy atom. The summed E-state index contributed by atoms with van der Waals surface area (Å²) in [5, 5.41) is 0.522. The van der Waals surface area contributed by atoms with Gasteiger partial charge in [0.15, 0.2) is 5.43 Å². The van der Waals surface area contributed by atoms with Gasteiger partial charge in [-0.2, -0.15) is 0 Å². The summed E-state index contributed by atoms with van der Waals surface area (Å²) < 4.78 is 6.12. The number of rotatable bonds is 4. The van der Waals surface area contributed by atoms with Gasteiger partial charge >= 0.3 is 0 Å². The molecule has 0 atom stereocenters. The maximum absolute atomic E-state index is 12.8. The van der Waals surface area contributed by atoms with E-state index >= 15 is 0 Å². The van der Waals surface area contributed by atoms with Gasteiger partial charge in [-0.05, 0) is 42.5 Å². The van der Waals surface area contributed by atoms with Crippen molar-refractivity contribution >= 4 is 38.4 Å². The minimum Gasteiger partial charge on any atom is -0.481 e. The molecular formula is C20H15BrN2O3. The SMILES string of the molecule is C#CCOc1ccc(N(C)C(=O)c2cc(=O)c3cc(Br)ccc3[nH]2)cc1. The van der Waals surface area contributed by atoms with E-state index in [1.54, 1.807) is 43.4 Å². The molecule has 0 aliphatic heterocycles. The van der Waals surface area contributed by atoms with E-state index in [0.29, 0.717) is 22.3 Å². The Kier molecular flexibility index (Phi) is 5.10. The zero-order chi connectivity index (χ0) is 18.7. The molecular weight excluding hydrogens is 396 g/mol. The molecule has 1 N–H and O–H groups in total. The van der Waals surface area contributed by atoms with E-state index < -0.39 is 0 Å². The van der Waals surface area contributed by atoms with E-state index in [4.69, 9.17) is 11.2 Å². The van der Waals surface area contributed by atoms with E-state index in [0.717, 1.165) is 4.47 Å². The van der Waals surface area contributed by atoms with Gasteiger partial charge < -0.3 is 14.6 Å². The lowest BCUT2D eigenvalue weighted by Crippen LogP contribution is -2.28. The summed E-state index contributed by atoms with van der Waals surface area (Å²) in [6, 6.07) is 13.6. The highest BCUT2D eigenvalue weighted by atomic mass is 79.9. The van der Waals surface area contributed by atoms with Crippen LogP contribution in [-0.4, -0.2) is 24.5 Å². The van der Waals surface area contributed by atoms with Crippen molar-refractivity contribution in [3.63, 3.8) is 0 Å². The first-order valence-corrected chi connectivity index (χ1v) is 8.56. The Morgan fingerprint density at radius 2 is 1.96 bits per heavy atom. The number of nitrogens with one attached hydrogen (secondary N) is 1. The fourth-order valence-electron chi connectivity index (χ4n) is 2.52. The number of hydrogen-bond acceptors (Lipinski definition) is 3. The van der Waals surface area contributed by atoms with E-state index in [-0.39, 0.29) is 23.6 Å². The lowest BCUT2D eigenvalue weighted by molar-refractivity contribution is 0.0988. The molecule has 0 fully saturated rings. The summed E-state index contributed by atoms with van der Waals surface area (Å²) in [6.45, 7) is 0.183. The Balaban J connectivity index is 1.89. The molecule has 1 aromatic heterocycles. The fourth-order valence-corrected chi connectivity index (χ4v) is 2.88. The van der Waals surface area contributed by atoms with Gasteiger partial charge in [0, 0.05) is 34.2 Å². The second kappa shape index (κ2) is 7.46. The van der Waals surface area contributed by atoms with Gasteiger partial charge in [-0.15, -0.1) is 6.42 Å². The third kappa shape index (κ3) is 3.63. The van der Waals surface area contributed by atoms with Gasteiger partial charge in [0.2, 0.25) is 0 Å². The predicted molar refractivity (Wildman–Crippen MR) is 106 cm³/mol. The van der Waals surface area contributed by atoms with Crippen LogP contribution < -0.4 is 15.1 Å². The Morgan fingerprint density at radius 3 is 2.65 bits per heavy atom. The van der Waals surface area contributed by atoms with Crippen molar-refractivity contribution in [3.8, 4) is 18.1 Å². The van der Waals surface area contributed by atoms with Crippen molar-refractivity contribution in [1.82, 2.24) is 4.98 Å². The number of benzene rings is 2. The van der Waals surface area contributed by atoms with Crippen molar-refractivity contribution in [2.45, 2.75) is 0 Å². The molecule has 0 spiro atoms. The van der Waals surface area contributed by atoms with Gasteiger partial charge in [0.25, 0.3) is 5.91 Å². The molecule has 3 aromatic rings. The van der Waals surface area contributed by atoms with Crippen molar-refractivity contribution in [2.75, 3.05) is 18.6 Å². The number of aromatic nitrogens is 1. The topological polar surface area (TPSA) is 62.4 Å². The molecule has 0 unspecified atom stereocenters.